The van der Waals surface area contributed by atoms with Crippen molar-refractivity contribution in [2.24, 2.45) is 0 Å². The Morgan fingerprint density at radius 1 is 1.29 bits per heavy atom. The molecule has 1 aromatic heterocycles. The minimum absolute atomic E-state index is 0.129. The van der Waals surface area contributed by atoms with E-state index in [-0.39, 0.29) is 16.7 Å². The van der Waals surface area contributed by atoms with Gasteiger partial charge in [-0.2, -0.15) is 0 Å². The number of nitrogens with one attached hydrogen (secondary N) is 1. The van der Waals surface area contributed by atoms with Crippen LogP contribution in [0.1, 0.15) is 35.6 Å². The Morgan fingerprint density at radius 2 is 1.95 bits per heavy atom. The molecule has 21 heavy (non-hydrogen) atoms. The van der Waals surface area contributed by atoms with Crippen molar-refractivity contribution in [1.29, 1.82) is 0 Å². The fourth-order valence-corrected chi connectivity index (χ4v) is 2.41. The summed E-state index contributed by atoms with van der Waals surface area (Å²) in [5.74, 6) is 1.87. The van der Waals surface area contributed by atoms with Gasteiger partial charge in [-0.3, -0.25) is 10.1 Å². The first kappa shape index (κ1) is 15.3. The van der Waals surface area contributed by atoms with Crippen LogP contribution in [0.4, 0.5) is 5.69 Å². The Hall–Kier alpha value is -2.14. The zero-order chi connectivity index (χ0) is 15.4. The van der Waals surface area contributed by atoms with Crippen molar-refractivity contribution in [2.45, 2.75) is 33.2 Å². The first-order valence-corrected chi connectivity index (χ1v) is 7.01. The SMILES string of the molecule is Cc1cc(C(C)NCCc2ccc([N+](=O)[O-])cc2)c(C)o1. The Balaban J connectivity index is 1.86. The minimum atomic E-state index is -0.381. The van der Waals surface area contributed by atoms with Crippen LogP contribution in [0.15, 0.2) is 34.7 Å². The van der Waals surface area contributed by atoms with Gasteiger partial charge >= 0.3 is 0 Å². The van der Waals surface area contributed by atoms with E-state index in [4.69, 9.17) is 4.42 Å². The molecule has 5 heteroatoms. The van der Waals surface area contributed by atoms with Crippen molar-refractivity contribution in [3.63, 3.8) is 0 Å². The fourth-order valence-electron chi connectivity index (χ4n) is 2.41. The first-order valence-electron chi connectivity index (χ1n) is 7.01. The van der Waals surface area contributed by atoms with Crippen LogP contribution in [0.3, 0.4) is 0 Å². The average Bonchev–Trinajstić information content (AvgIpc) is 2.78. The van der Waals surface area contributed by atoms with Gasteiger partial charge in [-0.05, 0) is 45.4 Å². The third kappa shape index (κ3) is 3.92. The van der Waals surface area contributed by atoms with E-state index in [0.29, 0.717) is 0 Å². The second kappa shape index (κ2) is 6.54. The van der Waals surface area contributed by atoms with Crippen molar-refractivity contribution in [2.75, 3.05) is 6.54 Å². The summed E-state index contributed by atoms with van der Waals surface area (Å²) in [4.78, 5) is 10.2. The lowest BCUT2D eigenvalue weighted by atomic mass is 10.1. The number of aryl methyl sites for hydroxylation is 2. The van der Waals surface area contributed by atoms with E-state index in [9.17, 15) is 10.1 Å². The normalized spacial score (nSPS) is 12.3. The van der Waals surface area contributed by atoms with Crippen molar-refractivity contribution in [3.8, 4) is 0 Å². The van der Waals surface area contributed by atoms with Gasteiger partial charge in [0.15, 0.2) is 0 Å². The lowest BCUT2D eigenvalue weighted by Gasteiger charge is -2.13. The van der Waals surface area contributed by atoms with Crippen LogP contribution in [0.25, 0.3) is 0 Å². The average molecular weight is 288 g/mol. The second-order valence-electron chi connectivity index (χ2n) is 5.22. The van der Waals surface area contributed by atoms with Crippen LogP contribution in [-0.4, -0.2) is 11.5 Å². The fraction of sp³-hybridized carbons (Fsp3) is 0.375. The lowest BCUT2D eigenvalue weighted by molar-refractivity contribution is -0.384. The third-order valence-electron chi connectivity index (χ3n) is 3.56. The molecule has 1 unspecified atom stereocenters. The summed E-state index contributed by atoms with van der Waals surface area (Å²) in [7, 11) is 0. The number of furan rings is 1. The molecule has 0 aliphatic rings. The van der Waals surface area contributed by atoms with Crippen molar-refractivity contribution in [1.82, 2.24) is 5.32 Å². The van der Waals surface area contributed by atoms with Crippen LogP contribution in [0.5, 0.6) is 0 Å². The number of nitrogens with zero attached hydrogens (tertiary/aromatic N) is 1. The van der Waals surface area contributed by atoms with Gasteiger partial charge in [0.25, 0.3) is 5.69 Å². The summed E-state index contributed by atoms with van der Waals surface area (Å²) < 4.78 is 5.53. The highest BCUT2D eigenvalue weighted by Gasteiger charge is 2.12. The van der Waals surface area contributed by atoms with E-state index in [1.807, 2.05) is 13.8 Å². The molecule has 0 fully saturated rings. The van der Waals surface area contributed by atoms with E-state index in [1.165, 1.54) is 5.56 Å². The van der Waals surface area contributed by atoms with Gasteiger partial charge < -0.3 is 9.73 Å². The van der Waals surface area contributed by atoms with Crippen molar-refractivity contribution >= 4 is 5.69 Å². The van der Waals surface area contributed by atoms with E-state index in [1.54, 1.807) is 24.3 Å². The zero-order valence-electron chi connectivity index (χ0n) is 12.6. The van der Waals surface area contributed by atoms with Gasteiger partial charge in [-0.25, -0.2) is 0 Å². The molecule has 0 aliphatic heterocycles. The molecule has 0 spiro atoms. The largest absolute Gasteiger partial charge is 0.466 e. The number of benzene rings is 1. The summed E-state index contributed by atoms with van der Waals surface area (Å²) in [6.07, 6.45) is 0.832. The minimum Gasteiger partial charge on any atom is -0.466 e. The second-order valence-corrected chi connectivity index (χ2v) is 5.22. The molecule has 0 amide bonds. The molecule has 5 nitrogen and oxygen atoms in total. The highest BCUT2D eigenvalue weighted by Crippen LogP contribution is 2.21. The van der Waals surface area contributed by atoms with E-state index in [2.05, 4.69) is 18.3 Å². The number of non-ortho nitro benzene ring substituents is 1. The Labute approximate surface area is 124 Å². The van der Waals surface area contributed by atoms with Gasteiger partial charge in [-0.1, -0.05) is 12.1 Å². The highest BCUT2D eigenvalue weighted by atomic mass is 16.6. The van der Waals surface area contributed by atoms with Gasteiger partial charge in [0, 0.05) is 23.7 Å². The number of hydrogen-bond donors (Lipinski definition) is 1. The van der Waals surface area contributed by atoms with Crippen molar-refractivity contribution in [3.05, 3.63) is 63.1 Å². The number of hydrogen-bond acceptors (Lipinski definition) is 4. The van der Waals surface area contributed by atoms with E-state index in [0.717, 1.165) is 30.0 Å². The number of nitro benzene ring substituents is 1. The van der Waals surface area contributed by atoms with E-state index >= 15 is 0 Å². The third-order valence-corrected chi connectivity index (χ3v) is 3.56. The van der Waals surface area contributed by atoms with Crippen molar-refractivity contribution < 1.29 is 9.34 Å². The molecule has 112 valence electrons. The molecule has 0 saturated carbocycles. The van der Waals surface area contributed by atoms with Gasteiger partial charge in [0.2, 0.25) is 0 Å². The molecule has 0 radical (unpaired) electrons. The molecular weight excluding hydrogens is 268 g/mol. The zero-order valence-corrected chi connectivity index (χ0v) is 12.6. The lowest BCUT2D eigenvalue weighted by Crippen LogP contribution is -2.21. The van der Waals surface area contributed by atoms with Crippen LogP contribution >= 0.6 is 0 Å². The quantitative estimate of drug-likeness (QED) is 0.650. The summed E-state index contributed by atoms with van der Waals surface area (Å²) >= 11 is 0. The van der Waals surface area contributed by atoms with Gasteiger partial charge in [0.1, 0.15) is 11.5 Å². The maximum absolute atomic E-state index is 10.6. The number of nitro groups is 1. The predicted molar refractivity (Wildman–Crippen MR) is 81.4 cm³/mol. The summed E-state index contributed by atoms with van der Waals surface area (Å²) in [6.45, 7) is 6.83. The van der Waals surface area contributed by atoms with Crippen LogP contribution < -0.4 is 5.32 Å². The molecule has 2 rings (SSSR count). The molecule has 1 atom stereocenters. The first-order chi connectivity index (χ1) is 9.97. The molecule has 1 N–H and O–H groups in total. The molecule has 0 saturated heterocycles. The molecule has 2 aromatic rings. The smallest absolute Gasteiger partial charge is 0.269 e. The van der Waals surface area contributed by atoms with Crippen LogP contribution in [-0.2, 0) is 6.42 Å². The Bertz CT molecular complexity index is 617. The predicted octanol–water partition coefficient (Wildman–Crippen LogP) is 3.70. The summed E-state index contributed by atoms with van der Waals surface area (Å²) in [6, 6.07) is 8.97. The summed E-state index contributed by atoms with van der Waals surface area (Å²) in [5, 5.41) is 14.0. The van der Waals surface area contributed by atoms with Crippen LogP contribution in [0, 0.1) is 24.0 Å². The number of rotatable bonds is 6. The molecular formula is C16H20N2O3. The standard InChI is InChI=1S/C16H20N2O3/c1-11-10-16(13(3)21-11)12(2)17-9-8-14-4-6-15(7-5-14)18(19)20/h4-7,10,12,17H,8-9H2,1-3H3. The molecule has 1 aromatic carbocycles. The van der Waals surface area contributed by atoms with E-state index < -0.39 is 0 Å². The molecule has 0 bridgehead atoms. The summed E-state index contributed by atoms with van der Waals surface area (Å²) in [5.41, 5.74) is 2.39. The topological polar surface area (TPSA) is 68.3 Å². The Kier molecular flexibility index (Phi) is 4.75. The van der Waals surface area contributed by atoms with Gasteiger partial charge in [-0.15, -0.1) is 0 Å². The maximum Gasteiger partial charge on any atom is 0.269 e. The molecule has 1 heterocycles. The Morgan fingerprint density at radius 3 is 2.48 bits per heavy atom. The van der Waals surface area contributed by atoms with Gasteiger partial charge in [0.05, 0.1) is 4.92 Å². The maximum atomic E-state index is 10.6. The molecule has 0 aliphatic carbocycles. The highest BCUT2D eigenvalue weighted by molar-refractivity contribution is 5.33. The van der Waals surface area contributed by atoms with Crippen LogP contribution in [0.2, 0.25) is 0 Å². The monoisotopic (exact) mass is 288 g/mol.